The number of nitrogens with one attached hydrogen (secondary N) is 2. The van der Waals surface area contributed by atoms with Crippen LogP contribution in [0.25, 0.3) is 0 Å². The molecule has 1 aliphatic rings. The molecule has 0 unspecified atom stereocenters. The molecule has 0 radical (unpaired) electrons. The molecule has 138 valence electrons. The van der Waals surface area contributed by atoms with E-state index in [-0.39, 0.29) is 18.2 Å². The van der Waals surface area contributed by atoms with Crippen molar-refractivity contribution in [2.45, 2.75) is 25.5 Å². The number of amidine groups is 1. The van der Waals surface area contributed by atoms with Gasteiger partial charge < -0.3 is 10.6 Å². The number of benzene rings is 2. The molecule has 0 spiro atoms. The normalized spacial score (nSPS) is 18.5. The Labute approximate surface area is 162 Å². The highest BCUT2D eigenvalue weighted by Gasteiger charge is 2.30. The number of carbonyl (C=O) groups is 2. The fourth-order valence-corrected chi connectivity index (χ4v) is 3.41. The Balaban J connectivity index is 1.66. The third-order valence-electron chi connectivity index (χ3n) is 4.09. The van der Waals surface area contributed by atoms with Gasteiger partial charge in [-0.05, 0) is 42.7 Å². The molecule has 2 aromatic rings. The first-order valence-electron chi connectivity index (χ1n) is 8.52. The highest BCUT2D eigenvalue weighted by Crippen LogP contribution is 2.23. The summed E-state index contributed by atoms with van der Waals surface area (Å²) in [5.41, 5.74) is 3.87. The predicted molar refractivity (Wildman–Crippen MR) is 110 cm³/mol. The smallest absolute Gasteiger partial charge is 0.238 e. The van der Waals surface area contributed by atoms with E-state index in [0.717, 1.165) is 22.4 Å². The number of carbonyl (C=O) groups excluding carboxylic acids is 2. The van der Waals surface area contributed by atoms with Crippen molar-refractivity contribution in [3.05, 3.63) is 65.2 Å². The van der Waals surface area contributed by atoms with Crippen molar-refractivity contribution in [1.29, 1.82) is 0 Å². The van der Waals surface area contributed by atoms with Crippen molar-refractivity contribution in [2.24, 2.45) is 10.2 Å². The highest BCUT2D eigenvalue weighted by molar-refractivity contribution is 8.15. The molecule has 3 rings (SSSR count). The van der Waals surface area contributed by atoms with Crippen LogP contribution in [-0.4, -0.2) is 28.4 Å². The molecule has 1 saturated heterocycles. The molecule has 2 aromatic carbocycles. The summed E-state index contributed by atoms with van der Waals surface area (Å²) in [7, 11) is 0. The second kappa shape index (κ2) is 8.64. The Hall–Kier alpha value is -2.93. The number of thioether (sulfide) groups is 1. The average molecular weight is 380 g/mol. The van der Waals surface area contributed by atoms with Crippen molar-refractivity contribution >= 4 is 40.6 Å². The monoisotopic (exact) mass is 380 g/mol. The van der Waals surface area contributed by atoms with E-state index in [1.165, 1.54) is 11.8 Å². The largest absolute Gasteiger partial charge is 0.325 e. The SMILES string of the molecule is Cc1ccc(NC(=O)[C@H]2CC(=O)N/C(=N\N=C/c3ccccc3)S2)cc1C. The van der Waals surface area contributed by atoms with Crippen molar-refractivity contribution in [3.8, 4) is 0 Å². The van der Waals surface area contributed by atoms with Crippen LogP contribution >= 0.6 is 11.8 Å². The molecule has 7 heteroatoms. The van der Waals surface area contributed by atoms with Gasteiger partial charge in [0.1, 0.15) is 5.25 Å². The van der Waals surface area contributed by atoms with E-state index in [1.54, 1.807) is 6.21 Å². The minimum atomic E-state index is -0.550. The van der Waals surface area contributed by atoms with Gasteiger partial charge in [-0.2, -0.15) is 5.10 Å². The van der Waals surface area contributed by atoms with Gasteiger partial charge in [0.05, 0.1) is 6.21 Å². The fourth-order valence-electron chi connectivity index (χ4n) is 2.47. The summed E-state index contributed by atoms with van der Waals surface area (Å²) in [6, 6.07) is 15.2. The van der Waals surface area contributed by atoms with Crippen molar-refractivity contribution in [3.63, 3.8) is 0 Å². The van der Waals surface area contributed by atoms with Gasteiger partial charge in [0.2, 0.25) is 11.8 Å². The van der Waals surface area contributed by atoms with Crippen LogP contribution in [0, 0.1) is 13.8 Å². The highest BCUT2D eigenvalue weighted by atomic mass is 32.2. The molecule has 0 saturated carbocycles. The first-order chi connectivity index (χ1) is 13.0. The topological polar surface area (TPSA) is 82.9 Å². The van der Waals surface area contributed by atoms with E-state index < -0.39 is 5.25 Å². The van der Waals surface area contributed by atoms with Crippen molar-refractivity contribution < 1.29 is 9.59 Å². The number of hydrogen-bond acceptors (Lipinski definition) is 5. The summed E-state index contributed by atoms with van der Waals surface area (Å²) in [5, 5.41) is 13.3. The van der Waals surface area contributed by atoms with E-state index in [0.29, 0.717) is 5.17 Å². The van der Waals surface area contributed by atoms with Gasteiger partial charge in [-0.25, -0.2) is 0 Å². The Morgan fingerprint density at radius 3 is 2.70 bits per heavy atom. The number of anilines is 1. The molecular weight excluding hydrogens is 360 g/mol. The Kier molecular flexibility index (Phi) is 6.03. The summed E-state index contributed by atoms with van der Waals surface area (Å²) in [4.78, 5) is 24.5. The third kappa shape index (κ3) is 5.27. The Bertz CT molecular complexity index is 909. The summed E-state index contributed by atoms with van der Waals surface area (Å²) in [5.74, 6) is -0.472. The Morgan fingerprint density at radius 2 is 1.96 bits per heavy atom. The number of nitrogens with zero attached hydrogens (tertiary/aromatic N) is 2. The van der Waals surface area contributed by atoms with Gasteiger partial charge in [-0.15, -0.1) is 5.10 Å². The summed E-state index contributed by atoms with van der Waals surface area (Å²) in [6.07, 6.45) is 1.70. The van der Waals surface area contributed by atoms with E-state index in [4.69, 9.17) is 0 Å². The van der Waals surface area contributed by atoms with E-state index in [2.05, 4.69) is 20.8 Å². The van der Waals surface area contributed by atoms with Crippen LogP contribution in [0.4, 0.5) is 5.69 Å². The van der Waals surface area contributed by atoms with Gasteiger partial charge in [0.25, 0.3) is 0 Å². The third-order valence-corrected chi connectivity index (χ3v) is 5.17. The molecule has 1 fully saturated rings. The van der Waals surface area contributed by atoms with Crippen LogP contribution in [0.1, 0.15) is 23.1 Å². The van der Waals surface area contributed by atoms with Crippen LogP contribution in [0.3, 0.4) is 0 Å². The maximum Gasteiger partial charge on any atom is 0.238 e. The van der Waals surface area contributed by atoms with Crippen molar-refractivity contribution in [2.75, 3.05) is 5.32 Å². The number of amides is 2. The van der Waals surface area contributed by atoms with Gasteiger partial charge in [0, 0.05) is 12.1 Å². The van der Waals surface area contributed by atoms with E-state index in [9.17, 15) is 9.59 Å². The second-order valence-electron chi connectivity index (χ2n) is 6.21. The molecule has 0 bridgehead atoms. The zero-order valence-electron chi connectivity index (χ0n) is 15.1. The lowest BCUT2D eigenvalue weighted by Crippen LogP contribution is -2.41. The minimum absolute atomic E-state index is 0.1000. The Morgan fingerprint density at radius 1 is 1.19 bits per heavy atom. The number of rotatable bonds is 4. The molecular formula is C20H20N4O2S. The number of aryl methyl sites for hydroxylation is 2. The fraction of sp³-hybridized carbons (Fsp3) is 0.200. The molecule has 0 aliphatic carbocycles. The molecule has 1 aliphatic heterocycles. The number of hydrogen-bond donors (Lipinski definition) is 2. The average Bonchev–Trinajstić information content (AvgIpc) is 2.65. The summed E-state index contributed by atoms with van der Waals surface area (Å²) >= 11 is 1.20. The summed E-state index contributed by atoms with van der Waals surface area (Å²) < 4.78 is 0. The van der Waals surface area contributed by atoms with Crippen LogP contribution in [0.15, 0.2) is 58.7 Å². The molecule has 1 heterocycles. The standard InChI is InChI=1S/C20H20N4O2S/c1-13-8-9-16(10-14(13)2)22-19(26)17-11-18(25)23-20(27-17)24-21-12-15-6-4-3-5-7-15/h3-10,12,17H,11H2,1-2H3,(H,22,26)(H,23,24,25)/b21-12-/t17-/m1/s1. The van der Waals surface area contributed by atoms with Crippen LogP contribution in [0.5, 0.6) is 0 Å². The molecule has 2 amide bonds. The van der Waals surface area contributed by atoms with Crippen LogP contribution in [0.2, 0.25) is 0 Å². The maximum atomic E-state index is 12.5. The molecule has 6 nitrogen and oxygen atoms in total. The second-order valence-corrected chi connectivity index (χ2v) is 7.40. The molecule has 27 heavy (non-hydrogen) atoms. The quantitative estimate of drug-likeness (QED) is 0.631. The van der Waals surface area contributed by atoms with Gasteiger partial charge in [-0.3, -0.25) is 9.59 Å². The minimum Gasteiger partial charge on any atom is -0.325 e. The van der Waals surface area contributed by atoms with Crippen LogP contribution < -0.4 is 10.6 Å². The molecule has 0 aromatic heterocycles. The molecule has 2 N–H and O–H groups in total. The van der Waals surface area contributed by atoms with Gasteiger partial charge in [0.15, 0.2) is 5.17 Å². The maximum absolute atomic E-state index is 12.5. The van der Waals surface area contributed by atoms with Crippen molar-refractivity contribution in [1.82, 2.24) is 5.32 Å². The zero-order valence-corrected chi connectivity index (χ0v) is 15.9. The lowest BCUT2D eigenvalue weighted by molar-refractivity contribution is -0.123. The molecule has 1 atom stereocenters. The first-order valence-corrected chi connectivity index (χ1v) is 9.40. The van der Waals surface area contributed by atoms with Gasteiger partial charge >= 0.3 is 0 Å². The van der Waals surface area contributed by atoms with Gasteiger partial charge in [-0.1, -0.05) is 48.2 Å². The van der Waals surface area contributed by atoms with Crippen LogP contribution in [-0.2, 0) is 9.59 Å². The lowest BCUT2D eigenvalue weighted by atomic mass is 10.1. The van der Waals surface area contributed by atoms with E-state index >= 15 is 0 Å². The zero-order chi connectivity index (χ0) is 19.2. The lowest BCUT2D eigenvalue weighted by Gasteiger charge is -2.21. The van der Waals surface area contributed by atoms with E-state index in [1.807, 2.05) is 62.4 Å². The first kappa shape index (κ1) is 18.8. The predicted octanol–water partition coefficient (Wildman–Crippen LogP) is 3.25. The summed E-state index contributed by atoms with van der Waals surface area (Å²) in [6.45, 7) is 4.00.